The molecule has 6 nitrogen and oxygen atoms in total. The summed E-state index contributed by atoms with van der Waals surface area (Å²) >= 11 is 0. The van der Waals surface area contributed by atoms with Gasteiger partial charge in [-0.3, -0.25) is 4.79 Å². The smallest absolute Gasteiger partial charge is 0.342 e. The Morgan fingerprint density at radius 3 is 2.23 bits per heavy atom. The molecule has 0 aromatic heterocycles. The van der Waals surface area contributed by atoms with Crippen molar-refractivity contribution >= 4 is 17.6 Å². The number of amides is 1. The van der Waals surface area contributed by atoms with Gasteiger partial charge in [0.15, 0.2) is 6.61 Å². The molecule has 0 bridgehead atoms. The monoisotopic (exact) mass is 419 g/mol. The second kappa shape index (κ2) is 11.4. The van der Waals surface area contributed by atoms with E-state index in [4.69, 9.17) is 14.2 Å². The Hall–Kier alpha value is -3.80. The minimum Gasteiger partial charge on any atom is -0.490 e. The van der Waals surface area contributed by atoms with Gasteiger partial charge in [-0.25, -0.2) is 4.79 Å². The van der Waals surface area contributed by atoms with E-state index in [1.165, 1.54) is 5.56 Å². The first-order chi connectivity index (χ1) is 15.2. The van der Waals surface area contributed by atoms with Crippen LogP contribution in [0.2, 0.25) is 0 Å². The molecular weight excluding hydrogens is 394 g/mol. The van der Waals surface area contributed by atoms with Crippen LogP contribution >= 0.6 is 0 Å². The van der Waals surface area contributed by atoms with Crippen molar-refractivity contribution in [2.75, 3.05) is 25.1 Å². The van der Waals surface area contributed by atoms with Gasteiger partial charge in [-0.2, -0.15) is 0 Å². The highest BCUT2D eigenvalue weighted by Crippen LogP contribution is 2.19. The number of carbonyl (C=O) groups excluding carboxylic acids is 2. The number of nitrogens with one attached hydrogen (secondary N) is 1. The molecule has 6 heteroatoms. The number of para-hydroxylation sites is 2. The fourth-order valence-corrected chi connectivity index (χ4v) is 2.82. The SMILES string of the molecule is CCc1ccc(NC(=O)COC(=O)c2ccccc2OCCOc2ccccc2)cc1. The van der Waals surface area contributed by atoms with Crippen LogP contribution in [0.5, 0.6) is 11.5 Å². The molecule has 3 aromatic carbocycles. The summed E-state index contributed by atoms with van der Waals surface area (Å²) in [6, 6.07) is 23.7. The number of esters is 1. The van der Waals surface area contributed by atoms with Crippen LogP contribution in [-0.2, 0) is 16.0 Å². The van der Waals surface area contributed by atoms with Gasteiger partial charge in [-0.15, -0.1) is 0 Å². The zero-order valence-electron chi connectivity index (χ0n) is 17.4. The molecule has 31 heavy (non-hydrogen) atoms. The lowest BCUT2D eigenvalue weighted by Crippen LogP contribution is -2.21. The van der Waals surface area contributed by atoms with E-state index < -0.39 is 11.9 Å². The van der Waals surface area contributed by atoms with Crippen molar-refractivity contribution in [3.8, 4) is 11.5 Å². The summed E-state index contributed by atoms with van der Waals surface area (Å²) in [6.07, 6.45) is 0.922. The summed E-state index contributed by atoms with van der Waals surface area (Å²) in [5, 5.41) is 2.71. The second-order valence-electron chi connectivity index (χ2n) is 6.68. The Labute approximate surface area is 181 Å². The summed E-state index contributed by atoms with van der Waals surface area (Å²) < 4.78 is 16.4. The largest absolute Gasteiger partial charge is 0.490 e. The van der Waals surface area contributed by atoms with Gasteiger partial charge in [-0.1, -0.05) is 49.4 Å². The van der Waals surface area contributed by atoms with Crippen molar-refractivity contribution in [3.05, 3.63) is 90.0 Å². The van der Waals surface area contributed by atoms with E-state index >= 15 is 0 Å². The predicted octanol–water partition coefficient (Wildman–Crippen LogP) is 4.50. The van der Waals surface area contributed by atoms with Crippen molar-refractivity contribution in [1.29, 1.82) is 0 Å². The minimum absolute atomic E-state index is 0.252. The third-order valence-electron chi connectivity index (χ3n) is 4.44. The Morgan fingerprint density at radius 1 is 0.806 bits per heavy atom. The second-order valence-corrected chi connectivity index (χ2v) is 6.68. The van der Waals surface area contributed by atoms with Crippen molar-refractivity contribution in [3.63, 3.8) is 0 Å². The third-order valence-corrected chi connectivity index (χ3v) is 4.44. The van der Waals surface area contributed by atoms with Crippen LogP contribution in [-0.4, -0.2) is 31.7 Å². The molecule has 160 valence electrons. The van der Waals surface area contributed by atoms with Crippen LogP contribution in [0.3, 0.4) is 0 Å². The fraction of sp³-hybridized carbons (Fsp3) is 0.200. The van der Waals surface area contributed by atoms with E-state index in [2.05, 4.69) is 12.2 Å². The normalized spacial score (nSPS) is 10.2. The highest BCUT2D eigenvalue weighted by Gasteiger charge is 2.15. The maximum absolute atomic E-state index is 12.4. The van der Waals surface area contributed by atoms with Crippen LogP contribution in [0.25, 0.3) is 0 Å². The third kappa shape index (κ3) is 6.89. The molecule has 3 aromatic rings. The Balaban J connectivity index is 1.47. The standard InChI is InChI=1S/C25H25NO5/c1-2-19-12-14-20(15-13-19)26-24(27)18-31-25(28)22-10-6-7-11-23(22)30-17-16-29-21-8-4-3-5-9-21/h3-15H,2,16-18H2,1H3,(H,26,27). The molecule has 0 aliphatic carbocycles. The zero-order chi connectivity index (χ0) is 21.9. The molecular formula is C25H25NO5. The summed E-state index contributed by atoms with van der Waals surface area (Å²) in [4.78, 5) is 24.5. The number of anilines is 1. The zero-order valence-corrected chi connectivity index (χ0v) is 17.4. The molecule has 0 radical (unpaired) electrons. The molecule has 0 unspecified atom stereocenters. The Kier molecular flexibility index (Phi) is 8.05. The van der Waals surface area contributed by atoms with Crippen LogP contribution in [0.1, 0.15) is 22.8 Å². The van der Waals surface area contributed by atoms with Gasteiger partial charge in [0.25, 0.3) is 5.91 Å². The first-order valence-electron chi connectivity index (χ1n) is 10.1. The number of aryl methyl sites for hydroxylation is 1. The van der Waals surface area contributed by atoms with Crippen LogP contribution in [0, 0.1) is 0 Å². The van der Waals surface area contributed by atoms with Crippen molar-refractivity contribution in [1.82, 2.24) is 0 Å². The number of rotatable bonds is 10. The lowest BCUT2D eigenvalue weighted by molar-refractivity contribution is -0.119. The number of hydrogen-bond donors (Lipinski definition) is 1. The summed E-state index contributed by atoms with van der Waals surface area (Å²) in [6.45, 7) is 2.25. The molecule has 0 saturated heterocycles. The minimum atomic E-state index is -0.629. The van der Waals surface area contributed by atoms with Gasteiger partial charge >= 0.3 is 5.97 Å². The van der Waals surface area contributed by atoms with Crippen LogP contribution in [0.4, 0.5) is 5.69 Å². The van der Waals surface area contributed by atoms with Crippen molar-refractivity contribution in [2.45, 2.75) is 13.3 Å². The van der Waals surface area contributed by atoms with E-state index in [1.807, 2.05) is 54.6 Å². The molecule has 1 N–H and O–H groups in total. The number of hydrogen-bond acceptors (Lipinski definition) is 5. The lowest BCUT2D eigenvalue weighted by atomic mass is 10.1. The molecule has 0 heterocycles. The van der Waals surface area contributed by atoms with Crippen molar-refractivity contribution in [2.24, 2.45) is 0 Å². The van der Waals surface area contributed by atoms with E-state index in [1.54, 1.807) is 24.3 Å². The summed E-state index contributed by atoms with van der Waals surface area (Å²) in [5.74, 6) is 0.0807. The van der Waals surface area contributed by atoms with Crippen LogP contribution < -0.4 is 14.8 Å². The first kappa shape index (κ1) is 21.9. The summed E-state index contributed by atoms with van der Waals surface area (Å²) in [7, 11) is 0. The molecule has 0 aliphatic rings. The van der Waals surface area contributed by atoms with E-state index in [0.29, 0.717) is 18.0 Å². The molecule has 0 aliphatic heterocycles. The van der Waals surface area contributed by atoms with Gasteiger partial charge in [-0.05, 0) is 48.4 Å². The molecule has 0 saturated carbocycles. The Bertz CT molecular complexity index is 986. The first-order valence-corrected chi connectivity index (χ1v) is 10.1. The van der Waals surface area contributed by atoms with E-state index in [0.717, 1.165) is 12.2 Å². The maximum atomic E-state index is 12.4. The summed E-state index contributed by atoms with van der Waals surface area (Å²) in [5.41, 5.74) is 2.08. The molecule has 1 amide bonds. The fourth-order valence-electron chi connectivity index (χ4n) is 2.82. The Morgan fingerprint density at radius 2 is 1.48 bits per heavy atom. The quantitative estimate of drug-likeness (QED) is 0.387. The van der Waals surface area contributed by atoms with Gasteiger partial charge in [0.2, 0.25) is 0 Å². The topological polar surface area (TPSA) is 73.9 Å². The average molecular weight is 419 g/mol. The van der Waals surface area contributed by atoms with Gasteiger partial charge in [0, 0.05) is 5.69 Å². The predicted molar refractivity (Wildman–Crippen MR) is 119 cm³/mol. The van der Waals surface area contributed by atoms with E-state index in [9.17, 15) is 9.59 Å². The number of carbonyl (C=O) groups is 2. The van der Waals surface area contributed by atoms with Gasteiger partial charge < -0.3 is 19.5 Å². The lowest BCUT2D eigenvalue weighted by Gasteiger charge is -2.12. The van der Waals surface area contributed by atoms with Crippen LogP contribution in [0.15, 0.2) is 78.9 Å². The molecule has 3 rings (SSSR count). The number of ether oxygens (including phenoxy) is 3. The molecule has 0 fully saturated rings. The van der Waals surface area contributed by atoms with E-state index in [-0.39, 0.29) is 18.8 Å². The molecule has 0 spiro atoms. The van der Waals surface area contributed by atoms with Gasteiger partial charge in [0.1, 0.15) is 30.3 Å². The van der Waals surface area contributed by atoms with Gasteiger partial charge in [0.05, 0.1) is 0 Å². The average Bonchev–Trinajstić information content (AvgIpc) is 2.82. The molecule has 0 atom stereocenters. The highest BCUT2D eigenvalue weighted by molar-refractivity contribution is 5.96. The number of benzene rings is 3. The maximum Gasteiger partial charge on any atom is 0.342 e. The van der Waals surface area contributed by atoms with Crippen molar-refractivity contribution < 1.29 is 23.8 Å². The highest BCUT2D eigenvalue weighted by atomic mass is 16.5.